The minimum Gasteiger partial charge on any atom is -0.456 e. The molecule has 8 heteroatoms. The number of esters is 1. The van der Waals surface area contributed by atoms with Crippen LogP contribution in [0.3, 0.4) is 0 Å². The van der Waals surface area contributed by atoms with Crippen molar-refractivity contribution in [3.05, 3.63) is 0 Å². The van der Waals surface area contributed by atoms with E-state index in [0.29, 0.717) is 30.7 Å². The van der Waals surface area contributed by atoms with Crippen molar-refractivity contribution in [2.45, 2.75) is 63.3 Å². The van der Waals surface area contributed by atoms with E-state index in [-0.39, 0.29) is 48.3 Å². The van der Waals surface area contributed by atoms with Crippen molar-refractivity contribution in [1.82, 2.24) is 4.90 Å². The van der Waals surface area contributed by atoms with Crippen LogP contribution in [-0.2, 0) is 24.2 Å². The molecular weight excluding hydrogens is 392 g/mol. The maximum Gasteiger partial charge on any atom is 0.306 e. The lowest BCUT2D eigenvalue weighted by atomic mass is 9.52. The van der Waals surface area contributed by atoms with Crippen LogP contribution in [0.2, 0.25) is 0 Å². The zero-order valence-corrected chi connectivity index (χ0v) is 17.7. The van der Waals surface area contributed by atoms with E-state index in [1.807, 2.05) is 4.90 Å². The summed E-state index contributed by atoms with van der Waals surface area (Å²) in [5, 5.41) is 9.08. The van der Waals surface area contributed by atoms with Crippen molar-refractivity contribution >= 4 is 21.7 Å². The second kappa shape index (κ2) is 7.90. The number of nitrogens with zero attached hydrogens (tertiary/aromatic N) is 2. The lowest BCUT2D eigenvalue weighted by molar-refractivity contribution is -0.162. The molecule has 0 aromatic heterocycles. The van der Waals surface area contributed by atoms with Crippen molar-refractivity contribution < 1.29 is 22.7 Å². The first-order valence-corrected chi connectivity index (χ1v) is 12.6. The maximum atomic E-state index is 13.1. The van der Waals surface area contributed by atoms with Crippen LogP contribution in [0.5, 0.6) is 0 Å². The Labute approximate surface area is 172 Å². The van der Waals surface area contributed by atoms with Crippen molar-refractivity contribution in [2.24, 2.45) is 23.7 Å². The Bertz CT molecular complexity index is 780. The quantitative estimate of drug-likeness (QED) is 0.582. The molecular formula is C21H30N2O5S. The molecule has 4 aliphatic carbocycles. The standard InChI is InChI=1S/C21H30N2O5S/c22-3-1-4-23(21-10-16-6-17(11-21)8-18(7-16)12-21)19(24)13-28-20(25)9-15-2-5-29(26,27)14-15/h15-18H,1-2,4-14H2/t15-,16?,17?,18?,21?/m0/s1. The summed E-state index contributed by atoms with van der Waals surface area (Å²) in [5.41, 5.74) is -0.172. The Morgan fingerprint density at radius 2 is 1.72 bits per heavy atom. The van der Waals surface area contributed by atoms with Gasteiger partial charge in [0.05, 0.1) is 24.0 Å². The summed E-state index contributed by atoms with van der Waals surface area (Å²) in [7, 11) is -3.04. The summed E-state index contributed by atoms with van der Waals surface area (Å²) >= 11 is 0. The van der Waals surface area contributed by atoms with Crippen molar-refractivity contribution in [1.29, 1.82) is 5.26 Å². The number of sulfone groups is 1. The topological polar surface area (TPSA) is 105 Å². The van der Waals surface area contributed by atoms with E-state index in [1.54, 1.807) is 0 Å². The first kappa shape index (κ1) is 20.6. The Kier molecular flexibility index (Phi) is 5.62. The van der Waals surface area contributed by atoms with Crippen LogP contribution >= 0.6 is 0 Å². The highest BCUT2D eigenvalue weighted by Crippen LogP contribution is 2.57. The number of nitriles is 1. The highest BCUT2D eigenvalue weighted by molar-refractivity contribution is 7.91. The SMILES string of the molecule is N#CCCN(C(=O)COC(=O)C[C@@H]1CCS(=O)(=O)C1)C12CC3CC(CC(C3)C1)C2. The Morgan fingerprint density at radius 1 is 1.10 bits per heavy atom. The molecule has 0 aromatic rings. The average Bonchev–Trinajstić information content (AvgIpc) is 2.97. The smallest absolute Gasteiger partial charge is 0.306 e. The molecule has 0 radical (unpaired) electrons. The summed E-state index contributed by atoms with van der Waals surface area (Å²) in [6.07, 6.45) is 7.60. The molecule has 1 aliphatic heterocycles. The van der Waals surface area contributed by atoms with Crippen LogP contribution in [0.15, 0.2) is 0 Å². The molecule has 4 saturated carbocycles. The Hall–Kier alpha value is -1.62. The van der Waals surface area contributed by atoms with E-state index in [2.05, 4.69) is 6.07 Å². The lowest BCUT2D eigenvalue weighted by Gasteiger charge is -2.60. The van der Waals surface area contributed by atoms with Crippen LogP contribution < -0.4 is 0 Å². The number of carbonyl (C=O) groups is 2. The highest BCUT2D eigenvalue weighted by atomic mass is 32.2. The fourth-order valence-corrected chi connectivity index (χ4v) is 8.59. The highest BCUT2D eigenvalue weighted by Gasteiger charge is 2.54. The molecule has 1 amide bonds. The summed E-state index contributed by atoms with van der Waals surface area (Å²) in [5.74, 6) is 1.23. The third kappa shape index (κ3) is 4.45. The van der Waals surface area contributed by atoms with E-state index < -0.39 is 15.8 Å². The minimum atomic E-state index is -3.04. The van der Waals surface area contributed by atoms with Gasteiger partial charge in [-0.15, -0.1) is 0 Å². The van der Waals surface area contributed by atoms with E-state index in [4.69, 9.17) is 10.00 Å². The number of ether oxygens (including phenoxy) is 1. The number of rotatable bonds is 7. The zero-order chi connectivity index (χ0) is 20.6. The summed E-state index contributed by atoms with van der Waals surface area (Å²) in [6, 6.07) is 2.15. The molecule has 0 spiro atoms. The number of amides is 1. The van der Waals surface area contributed by atoms with Gasteiger partial charge in [0.2, 0.25) is 0 Å². The summed E-state index contributed by atoms with van der Waals surface area (Å²) in [4.78, 5) is 27.1. The van der Waals surface area contributed by atoms with Crippen LogP contribution in [0, 0.1) is 35.0 Å². The predicted molar refractivity (Wildman–Crippen MR) is 105 cm³/mol. The average molecular weight is 423 g/mol. The minimum absolute atomic E-state index is 0.0254. The molecule has 1 heterocycles. The summed E-state index contributed by atoms with van der Waals surface area (Å²) in [6.45, 7) is 0.0748. The van der Waals surface area contributed by atoms with Gasteiger partial charge in [0.1, 0.15) is 0 Å². The van der Waals surface area contributed by atoms with Gasteiger partial charge in [0.25, 0.3) is 5.91 Å². The normalized spacial score (nSPS) is 36.5. The maximum absolute atomic E-state index is 13.1. The zero-order valence-electron chi connectivity index (χ0n) is 16.8. The predicted octanol–water partition coefficient (Wildman–Crippen LogP) is 2.07. The largest absolute Gasteiger partial charge is 0.456 e. The molecule has 4 bridgehead atoms. The molecule has 5 aliphatic rings. The third-order valence-electron chi connectivity index (χ3n) is 7.47. The van der Waals surface area contributed by atoms with Crippen LogP contribution in [-0.4, -0.2) is 55.4 Å². The van der Waals surface area contributed by atoms with Gasteiger partial charge in [0.15, 0.2) is 16.4 Å². The van der Waals surface area contributed by atoms with Gasteiger partial charge in [-0.3, -0.25) is 9.59 Å². The molecule has 7 nitrogen and oxygen atoms in total. The van der Waals surface area contributed by atoms with Crippen molar-refractivity contribution in [3.8, 4) is 6.07 Å². The van der Waals surface area contributed by atoms with Gasteiger partial charge in [-0.1, -0.05) is 0 Å². The molecule has 29 heavy (non-hydrogen) atoms. The van der Waals surface area contributed by atoms with Gasteiger partial charge in [-0.05, 0) is 68.6 Å². The summed E-state index contributed by atoms with van der Waals surface area (Å²) < 4.78 is 28.3. The van der Waals surface area contributed by atoms with E-state index in [0.717, 1.165) is 19.3 Å². The van der Waals surface area contributed by atoms with E-state index in [9.17, 15) is 18.0 Å². The molecule has 160 valence electrons. The number of hydrogen-bond acceptors (Lipinski definition) is 6. The fraction of sp³-hybridized carbons (Fsp3) is 0.857. The molecule has 1 saturated heterocycles. The molecule has 1 atom stereocenters. The van der Waals surface area contributed by atoms with E-state index in [1.165, 1.54) is 19.3 Å². The van der Waals surface area contributed by atoms with Gasteiger partial charge < -0.3 is 9.64 Å². The van der Waals surface area contributed by atoms with Crippen molar-refractivity contribution in [3.63, 3.8) is 0 Å². The van der Waals surface area contributed by atoms with Crippen LogP contribution in [0.4, 0.5) is 0 Å². The molecule has 0 unspecified atom stereocenters. The molecule has 0 aromatic carbocycles. The first-order valence-electron chi connectivity index (χ1n) is 10.8. The van der Waals surface area contributed by atoms with Gasteiger partial charge in [-0.25, -0.2) is 8.42 Å². The van der Waals surface area contributed by atoms with Crippen LogP contribution in [0.25, 0.3) is 0 Å². The fourth-order valence-electron chi connectivity index (χ4n) is 6.73. The van der Waals surface area contributed by atoms with E-state index >= 15 is 0 Å². The molecule has 0 N–H and O–H groups in total. The van der Waals surface area contributed by atoms with Gasteiger partial charge >= 0.3 is 5.97 Å². The third-order valence-corrected chi connectivity index (χ3v) is 9.30. The van der Waals surface area contributed by atoms with Crippen LogP contribution in [0.1, 0.15) is 57.8 Å². The van der Waals surface area contributed by atoms with Gasteiger partial charge in [-0.2, -0.15) is 5.26 Å². The molecule has 5 rings (SSSR count). The first-order chi connectivity index (χ1) is 13.8. The lowest BCUT2D eigenvalue weighted by Crippen LogP contribution is -2.62. The second-order valence-electron chi connectivity index (χ2n) is 9.73. The number of carbonyl (C=O) groups excluding carboxylic acids is 2. The number of hydrogen-bond donors (Lipinski definition) is 0. The second-order valence-corrected chi connectivity index (χ2v) is 12.0. The Morgan fingerprint density at radius 3 is 2.24 bits per heavy atom. The monoisotopic (exact) mass is 422 g/mol. The van der Waals surface area contributed by atoms with Crippen molar-refractivity contribution in [2.75, 3.05) is 24.7 Å². The molecule has 5 fully saturated rings. The Balaban J connectivity index is 1.37. The van der Waals surface area contributed by atoms with Gasteiger partial charge in [0, 0.05) is 18.5 Å².